The Hall–Kier alpha value is -1.45. The number of aliphatic hydroxyl groups is 2. The smallest absolute Gasteiger partial charge is 0.319 e. The highest BCUT2D eigenvalue weighted by atomic mass is 32.2. The molecule has 0 saturated heterocycles. The summed E-state index contributed by atoms with van der Waals surface area (Å²) in [7, 11) is 0. The topological polar surface area (TPSA) is 121 Å². The molecule has 0 spiro atoms. The Kier molecular flexibility index (Phi) is 6.46. The molecule has 8 nitrogen and oxygen atoms in total. The lowest BCUT2D eigenvalue weighted by molar-refractivity contribution is -0.388. The van der Waals surface area contributed by atoms with Gasteiger partial charge >= 0.3 is 5.69 Å². The van der Waals surface area contributed by atoms with Crippen molar-refractivity contribution in [3.63, 3.8) is 0 Å². The third-order valence-corrected chi connectivity index (χ3v) is 3.21. The summed E-state index contributed by atoms with van der Waals surface area (Å²) in [6.45, 7) is 2.25. The summed E-state index contributed by atoms with van der Waals surface area (Å²) in [5.41, 5.74) is -0.211. The second-order valence-corrected chi connectivity index (χ2v) is 4.72. The molecule has 9 heteroatoms. The van der Waals surface area contributed by atoms with Gasteiger partial charge in [0.15, 0.2) is 5.03 Å². The van der Waals surface area contributed by atoms with E-state index < -0.39 is 17.6 Å². The zero-order valence-electron chi connectivity index (χ0n) is 10.4. The zero-order chi connectivity index (χ0) is 14.3. The molecule has 3 N–H and O–H groups in total. The van der Waals surface area contributed by atoms with Gasteiger partial charge in [0, 0.05) is 12.3 Å². The van der Waals surface area contributed by atoms with Crippen molar-refractivity contribution in [2.45, 2.75) is 24.5 Å². The lowest BCUT2D eigenvalue weighted by Crippen LogP contribution is -2.15. The van der Waals surface area contributed by atoms with Gasteiger partial charge in [0.25, 0.3) is 0 Å². The number of hydrogen-bond donors (Lipinski definition) is 3. The largest absolute Gasteiger partial charge is 0.394 e. The molecular weight excluding hydrogens is 272 g/mol. The highest BCUT2D eigenvalue weighted by molar-refractivity contribution is 7.99. The Morgan fingerprint density at radius 1 is 1.63 bits per heavy atom. The Labute approximate surface area is 114 Å². The first-order chi connectivity index (χ1) is 9.08. The lowest BCUT2D eigenvalue weighted by Gasteiger charge is -2.08. The number of thioether (sulfide) groups is 1. The summed E-state index contributed by atoms with van der Waals surface area (Å²) in [6.07, 6.45) is 1.08. The van der Waals surface area contributed by atoms with Gasteiger partial charge in [-0.1, -0.05) is 18.7 Å². The molecule has 106 valence electrons. The first kappa shape index (κ1) is 15.6. The average Bonchev–Trinajstić information content (AvgIpc) is 2.42. The zero-order valence-corrected chi connectivity index (χ0v) is 11.3. The predicted octanol–water partition coefficient (Wildman–Crippen LogP) is 0.652. The van der Waals surface area contributed by atoms with Crippen LogP contribution in [0.15, 0.2) is 11.2 Å². The number of hydrogen-bond acceptors (Lipinski definition) is 8. The fraction of sp³-hybridized carbons (Fsp3) is 0.600. The number of nitro groups is 1. The minimum atomic E-state index is -0.938. The normalized spacial score (nSPS) is 12.2. The minimum absolute atomic E-state index is 0.127. The third kappa shape index (κ3) is 4.97. The molecule has 1 atom stereocenters. The molecule has 1 rings (SSSR count). The molecule has 0 radical (unpaired) electrons. The van der Waals surface area contributed by atoms with Crippen LogP contribution in [0, 0.1) is 10.1 Å². The molecule has 0 aromatic carbocycles. The maximum atomic E-state index is 10.8. The van der Waals surface area contributed by atoms with Crippen LogP contribution in [0.3, 0.4) is 0 Å². The summed E-state index contributed by atoms with van der Waals surface area (Å²) in [5.74, 6) is 0.440. The fourth-order valence-corrected chi connectivity index (χ4v) is 2.02. The van der Waals surface area contributed by atoms with E-state index >= 15 is 0 Å². The fourth-order valence-electron chi connectivity index (χ4n) is 1.14. The van der Waals surface area contributed by atoms with Crippen molar-refractivity contribution in [3.8, 4) is 0 Å². The van der Waals surface area contributed by atoms with Crippen LogP contribution >= 0.6 is 11.8 Å². The van der Waals surface area contributed by atoms with Gasteiger partial charge < -0.3 is 15.5 Å². The monoisotopic (exact) mass is 288 g/mol. The van der Waals surface area contributed by atoms with Gasteiger partial charge in [-0.3, -0.25) is 10.1 Å². The molecular formula is C10H16N4O4S. The Balaban J connectivity index is 2.85. The summed E-state index contributed by atoms with van der Waals surface area (Å²) >= 11 is 1.01. The summed E-state index contributed by atoms with van der Waals surface area (Å²) in [4.78, 5) is 18.2. The van der Waals surface area contributed by atoms with Crippen LogP contribution in [0.4, 0.5) is 11.6 Å². The first-order valence-electron chi connectivity index (χ1n) is 5.75. The second-order valence-electron chi connectivity index (χ2n) is 3.72. The van der Waals surface area contributed by atoms with Crippen LogP contribution < -0.4 is 5.32 Å². The van der Waals surface area contributed by atoms with Crippen molar-refractivity contribution >= 4 is 23.4 Å². The molecule has 0 aliphatic carbocycles. The van der Waals surface area contributed by atoms with E-state index in [1.807, 2.05) is 6.92 Å². The minimum Gasteiger partial charge on any atom is -0.394 e. The van der Waals surface area contributed by atoms with Crippen LogP contribution in [0.1, 0.15) is 13.3 Å². The van der Waals surface area contributed by atoms with Gasteiger partial charge in [-0.25, -0.2) is 4.98 Å². The SMILES string of the molecule is CCCNc1ncc([N+](=O)[O-])c(SCC(O)CO)n1. The number of rotatable bonds is 8. The summed E-state index contributed by atoms with van der Waals surface area (Å²) in [6, 6.07) is 0. The summed E-state index contributed by atoms with van der Waals surface area (Å²) in [5, 5.41) is 31.9. The quantitative estimate of drug-likeness (QED) is 0.276. The molecule has 1 aromatic rings. The molecule has 19 heavy (non-hydrogen) atoms. The van der Waals surface area contributed by atoms with E-state index in [0.717, 1.165) is 24.4 Å². The van der Waals surface area contributed by atoms with Gasteiger partial charge in [-0.15, -0.1) is 0 Å². The third-order valence-electron chi connectivity index (χ3n) is 2.09. The van der Waals surface area contributed by atoms with Crippen molar-refractivity contribution in [2.24, 2.45) is 0 Å². The second kappa shape index (κ2) is 7.87. The van der Waals surface area contributed by atoms with Crippen molar-refractivity contribution in [3.05, 3.63) is 16.3 Å². The maximum absolute atomic E-state index is 10.8. The number of aliphatic hydroxyl groups excluding tert-OH is 2. The van der Waals surface area contributed by atoms with Gasteiger partial charge in [0.05, 0.1) is 17.6 Å². The van der Waals surface area contributed by atoms with Crippen LogP contribution in [0.5, 0.6) is 0 Å². The molecule has 1 aromatic heterocycles. The number of anilines is 1. The van der Waals surface area contributed by atoms with E-state index in [4.69, 9.17) is 5.11 Å². The van der Waals surface area contributed by atoms with Gasteiger partial charge in [0.1, 0.15) is 6.20 Å². The highest BCUT2D eigenvalue weighted by Crippen LogP contribution is 2.27. The van der Waals surface area contributed by atoms with Crippen LogP contribution in [0.25, 0.3) is 0 Å². The van der Waals surface area contributed by atoms with Gasteiger partial charge in [-0.2, -0.15) is 4.98 Å². The standard InChI is InChI=1S/C10H16N4O4S/c1-2-3-11-10-12-4-8(14(17)18)9(13-10)19-6-7(16)5-15/h4,7,15-16H,2-3,5-6H2,1H3,(H,11,12,13). The highest BCUT2D eigenvalue weighted by Gasteiger charge is 2.18. The Bertz CT molecular complexity index is 432. The predicted molar refractivity (Wildman–Crippen MR) is 71.3 cm³/mol. The van der Waals surface area contributed by atoms with Crippen molar-refractivity contribution in [1.82, 2.24) is 9.97 Å². The lowest BCUT2D eigenvalue weighted by atomic mass is 10.4. The Morgan fingerprint density at radius 2 is 2.37 bits per heavy atom. The molecule has 0 aliphatic heterocycles. The van der Waals surface area contributed by atoms with E-state index in [2.05, 4.69) is 15.3 Å². The van der Waals surface area contributed by atoms with Crippen molar-refractivity contribution in [2.75, 3.05) is 24.2 Å². The number of nitrogens with one attached hydrogen (secondary N) is 1. The van der Waals surface area contributed by atoms with Crippen molar-refractivity contribution in [1.29, 1.82) is 0 Å². The number of nitrogens with zero attached hydrogens (tertiary/aromatic N) is 3. The molecule has 1 heterocycles. The van der Waals surface area contributed by atoms with E-state index in [1.165, 1.54) is 0 Å². The van der Waals surface area contributed by atoms with E-state index in [9.17, 15) is 15.2 Å². The molecule has 0 fully saturated rings. The molecule has 1 unspecified atom stereocenters. The van der Waals surface area contributed by atoms with Crippen LogP contribution in [-0.4, -0.2) is 50.1 Å². The van der Waals surface area contributed by atoms with Crippen LogP contribution in [0.2, 0.25) is 0 Å². The van der Waals surface area contributed by atoms with E-state index in [1.54, 1.807) is 0 Å². The van der Waals surface area contributed by atoms with E-state index in [-0.39, 0.29) is 16.5 Å². The Morgan fingerprint density at radius 3 is 2.95 bits per heavy atom. The summed E-state index contributed by atoms with van der Waals surface area (Å²) < 4.78 is 0. The van der Waals surface area contributed by atoms with E-state index in [0.29, 0.717) is 12.5 Å². The van der Waals surface area contributed by atoms with Crippen LogP contribution in [-0.2, 0) is 0 Å². The van der Waals surface area contributed by atoms with Gasteiger partial charge in [0.2, 0.25) is 5.95 Å². The van der Waals surface area contributed by atoms with Gasteiger partial charge in [-0.05, 0) is 6.42 Å². The van der Waals surface area contributed by atoms with Crippen molar-refractivity contribution < 1.29 is 15.1 Å². The maximum Gasteiger partial charge on any atom is 0.319 e. The average molecular weight is 288 g/mol. The molecule has 0 aliphatic rings. The first-order valence-corrected chi connectivity index (χ1v) is 6.74. The molecule has 0 amide bonds. The number of aromatic nitrogens is 2. The molecule has 0 saturated carbocycles. The molecule has 0 bridgehead atoms.